The molecule has 1 fully saturated rings. The van der Waals surface area contributed by atoms with Crippen molar-refractivity contribution in [1.82, 2.24) is 4.90 Å². The molecule has 0 spiro atoms. The van der Waals surface area contributed by atoms with Gasteiger partial charge >= 0.3 is 5.69 Å². The summed E-state index contributed by atoms with van der Waals surface area (Å²) >= 11 is 1.20. The van der Waals surface area contributed by atoms with Crippen LogP contribution < -0.4 is 9.47 Å². The second-order valence-corrected chi connectivity index (χ2v) is 7.35. The van der Waals surface area contributed by atoms with Crippen molar-refractivity contribution in [1.29, 1.82) is 0 Å². The minimum Gasteiger partial charge on any atom is -0.497 e. The van der Waals surface area contributed by atoms with Crippen LogP contribution in [0.3, 0.4) is 0 Å². The van der Waals surface area contributed by atoms with E-state index in [2.05, 4.69) is 4.99 Å². The smallest absolute Gasteiger partial charge is 0.311 e. The van der Waals surface area contributed by atoms with Crippen molar-refractivity contribution in [3.8, 4) is 11.5 Å². The van der Waals surface area contributed by atoms with Crippen LogP contribution in [0.4, 0.5) is 11.4 Å². The molecule has 0 N–H and O–H groups in total. The van der Waals surface area contributed by atoms with Gasteiger partial charge in [-0.1, -0.05) is 6.07 Å². The zero-order chi connectivity index (χ0) is 22.4. The van der Waals surface area contributed by atoms with Crippen molar-refractivity contribution in [3.63, 3.8) is 0 Å². The van der Waals surface area contributed by atoms with Gasteiger partial charge in [-0.3, -0.25) is 19.8 Å². The molecule has 10 heteroatoms. The highest BCUT2D eigenvalue weighted by Crippen LogP contribution is 2.35. The van der Waals surface area contributed by atoms with Gasteiger partial charge in [-0.2, -0.15) is 0 Å². The third-order valence-electron chi connectivity index (χ3n) is 4.40. The van der Waals surface area contributed by atoms with Gasteiger partial charge in [0.2, 0.25) is 0 Å². The number of hydrogen-bond acceptors (Lipinski definition) is 8. The average Bonchev–Trinajstić information content (AvgIpc) is 3.06. The quantitative estimate of drug-likeness (QED) is 0.347. The Morgan fingerprint density at radius 1 is 1.13 bits per heavy atom. The van der Waals surface area contributed by atoms with Gasteiger partial charge in [0.25, 0.3) is 5.91 Å². The zero-order valence-electron chi connectivity index (χ0n) is 17.2. The van der Waals surface area contributed by atoms with Gasteiger partial charge in [0.1, 0.15) is 5.75 Å². The molecule has 0 aromatic heterocycles. The molecule has 0 saturated carbocycles. The highest BCUT2D eigenvalue weighted by atomic mass is 32.2. The standard InChI is InChI=1S/C21H21N3O6S/c1-28-11-10-23-20(25)19(13-14-4-9-18(30-3)17(12-14)24(26)27)31-21(23)22-15-5-7-16(29-2)8-6-15/h4-9,12-13H,10-11H2,1-3H3/b19-13-,22-21?. The van der Waals surface area contributed by atoms with Crippen molar-refractivity contribution in [2.45, 2.75) is 0 Å². The number of nitro benzene ring substituents is 1. The highest BCUT2D eigenvalue weighted by Gasteiger charge is 2.33. The molecule has 162 valence electrons. The molecule has 2 aromatic rings. The number of carbonyl (C=O) groups is 1. The van der Waals surface area contributed by atoms with E-state index in [0.29, 0.717) is 40.2 Å². The lowest BCUT2D eigenvalue weighted by atomic mass is 10.1. The summed E-state index contributed by atoms with van der Waals surface area (Å²) in [4.78, 5) is 30.3. The van der Waals surface area contributed by atoms with Crippen LogP contribution in [0.5, 0.6) is 11.5 Å². The lowest BCUT2D eigenvalue weighted by molar-refractivity contribution is -0.385. The summed E-state index contributed by atoms with van der Waals surface area (Å²) in [7, 11) is 4.51. The summed E-state index contributed by atoms with van der Waals surface area (Å²) in [5.41, 5.74) is 1.01. The van der Waals surface area contributed by atoms with E-state index in [1.165, 1.54) is 35.9 Å². The predicted octanol–water partition coefficient (Wildman–Crippen LogP) is 3.86. The minimum absolute atomic E-state index is 0.154. The molecule has 31 heavy (non-hydrogen) atoms. The van der Waals surface area contributed by atoms with Gasteiger partial charge in [0, 0.05) is 13.2 Å². The number of carbonyl (C=O) groups excluding carboxylic acids is 1. The van der Waals surface area contributed by atoms with E-state index in [1.54, 1.807) is 50.6 Å². The second-order valence-electron chi connectivity index (χ2n) is 6.34. The zero-order valence-corrected chi connectivity index (χ0v) is 18.0. The molecule has 3 rings (SSSR count). The lowest BCUT2D eigenvalue weighted by Crippen LogP contribution is -2.32. The van der Waals surface area contributed by atoms with E-state index in [4.69, 9.17) is 14.2 Å². The molecule has 1 aliphatic heterocycles. The first-order chi connectivity index (χ1) is 15.0. The Labute approximate surface area is 183 Å². The van der Waals surface area contributed by atoms with E-state index >= 15 is 0 Å². The molecular weight excluding hydrogens is 422 g/mol. The number of benzene rings is 2. The van der Waals surface area contributed by atoms with Crippen LogP contribution in [0.25, 0.3) is 6.08 Å². The molecule has 1 heterocycles. The molecule has 1 amide bonds. The maximum absolute atomic E-state index is 13.0. The van der Waals surface area contributed by atoms with Crippen LogP contribution in [-0.2, 0) is 9.53 Å². The number of rotatable bonds is 8. The Bertz CT molecular complexity index is 1040. The third kappa shape index (κ3) is 5.22. The van der Waals surface area contributed by atoms with E-state index in [9.17, 15) is 14.9 Å². The summed E-state index contributed by atoms with van der Waals surface area (Å²) in [5.74, 6) is 0.617. The van der Waals surface area contributed by atoms with Crippen molar-refractivity contribution in [3.05, 3.63) is 63.0 Å². The van der Waals surface area contributed by atoms with Gasteiger partial charge in [0.15, 0.2) is 10.9 Å². The Hall–Kier alpha value is -3.37. The molecule has 0 atom stereocenters. The second kappa shape index (κ2) is 10.1. The third-order valence-corrected chi connectivity index (χ3v) is 5.41. The fourth-order valence-electron chi connectivity index (χ4n) is 2.83. The molecular formula is C21H21N3O6S. The van der Waals surface area contributed by atoms with E-state index in [1.807, 2.05) is 0 Å². The average molecular weight is 443 g/mol. The fourth-order valence-corrected chi connectivity index (χ4v) is 3.85. The summed E-state index contributed by atoms with van der Waals surface area (Å²) < 4.78 is 15.3. The van der Waals surface area contributed by atoms with Crippen molar-refractivity contribution < 1.29 is 23.9 Å². The molecule has 0 unspecified atom stereocenters. The topological polar surface area (TPSA) is 104 Å². The number of hydrogen-bond donors (Lipinski definition) is 0. The van der Waals surface area contributed by atoms with E-state index < -0.39 is 4.92 Å². The number of nitro groups is 1. The lowest BCUT2D eigenvalue weighted by Gasteiger charge is -2.14. The van der Waals surface area contributed by atoms with Crippen molar-refractivity contribution in [2.75, 3.05) is 34.5 Å². The van der Waals surface area contributed by atoms with Crippen molar-refractivity contribution >= 4 is 40.3 Å². The van der Waals surface area contributed by atoms with Gasteiger partial charge in [0.05, 0.1) is 42.9 Å². The van der Waals surface area contributed by atoms with Crippen LogP contribution in [-0.4, -0.2) is 55.4 Å². The maximum Gasteiger partial charge on any atom is 0.311 e. The number of amidine groups is 1. The summed E-state index contributed by atoms with van der Waals surface area (Å²) in [6, 6.07) is 11.7. The van der Waals surface area contributed by atoms with Crippen molar-refractivity contribution in [2.24, 2.45) is 4.99 Å². The van der Waals surface area contributed by atoms with Crippen LogP contribution in [0.1, 0.15) is 5.56 Å². The molecule has 0 bridgehead atoms. The molecule has 0 aliphatic carbocycles. The Morgan fingerprint density at radius 2 is 1.87 bits per heavy atom. The van der Waals surface area contributed by atoms with Crippen LogP contribution in [0, 0.1) is 10.1 Å². The predicted molar refractivity (Wildman–Crippen MR) is 119 cm³/mol. The summed E-state index contributed by atoms with van der Waals surface area (Å²) in [6.07, 6.45) is 1.61. The summed E-state index contributed by atoms with van der Waals surface area (Å²) in [6.45, 7) is 0.673. The number of amides is 1. The first-order valence-corrected chi connectivity index (χ1v) is 10.0. The summed E-state index contributed by atoms with van der Waals surface area (Å²) in [5, 5.41) is 11.8. The highest BCUT2D eigenvalue weighted by molar-refractivity contribution is 8.18. The van der Waals surface area contributed by atoms with E-state index in [-0.39, 0.29) is 17.3 Å². The number of aliphatic imine (C=N–C) groups is 1. The van der Waals surface area contributed by atoms with E-state index in [0.717, 1.165) is 0 Å². The SMILES string of the molecule is COCCN1C(=O)/C(=C/c2ccc(OC)c([N+](=O)[O-])c2)SC1=Nc1ccc(OC)cc1. The largest absolute Gasteiger partial charge is 0.497 e. The Morgan fingerprint density at radius 3 is 2.48 bits per heavy atom. The first kappa shape index (κ1) is 22.3. The number of methoxy groups -OCH3 is 3. The molecule has 0 radical (unpaired) electrons. The molecule has 1 saturated heterocycles. The number of ether oxygens (including phenoxy) is 3. The number of nitrogens with zero attached hydrogens (tertiary/aromatic N) is 3. The van der Waals surface area contributed by atoms with Gasteiger partial charge < -0.3 is 14.2 Å². The fraction of sp³-hybridized carbons (Fsp3) is 0.238. The van der Waals surface area contributed by atoms with Crippen LogP contribution in [0.2, 0.25) is 0 Å². The maximum atomic E-state index is 13.0. The normalized spacial score (nSPS) is 16.2. The Balaban J connectivity index is 1.94. The van der Waals surface area contributed by atoms with Crippen LogP contribution >= 0.6 is 11.8 Å². The van der Waals surface area contributed by atoms with Crippen LogP contribution in [0.15, 0.2) is 52.4 Å². The monoisotopic (exact) mass is 443 g/mol. The van der Waals surface area contributed by atoms with Gasteiger partial charge in [-0.25, -0.2) is 4.99 Å². The first-order valence-electron chi connectivity index (χ1n) is 9.22. The molecule has 9 nitrogen and oxygen atoms in total. The molecule has 1 aliphatic rings. The molecule has 2 aromatic carbocycles. The number of thioether (sulfide) groups is 1. The van der Waals surface area contributed by atoms with Gasteiger partial charge in [-0.05, 0) is 53.7 Å². The Kier molecular flexibility index (Phi) is 7.27. The minimum atomic E-state index is -0.522. The van der Waals surface area contributed by atoms with Gasteiger partial charge in [-0.15, -0.1) is 0 Å².